The summed E-state index contributed by atoms with van der Waals surface area (Å²) in [6.45, 7) is 4.17. The van der Waals surface area contributed by atoms with Crippen LogP contribution in [0.4, 0.5) is 5.13 Å². The number of para-hydroxylation sites is 1. The molecule has 39 heavy (non-hydrogen) atoms. The van der Waals surface area contributed by atoms with Crippen LogP contribution in [-0.4, -0.2) is 62.2 Å². The van der Waals surface area contributed by atoms with Crippen molar-refractivity contribution in [3.05, 3.63) is 89.0 Å². The molecule has 5 rings (SSSR count). The van der Waals surface area contributed by atoms with E-state index in [1.54, 1.807) is 29.2 Å². The van der Waals surface area contributed by atoms with Gasteiger partial charge in [0.1, 0.15) is 0 Å². The number of amides is 1. The number of fused-ring (bicyclic) bond motifs is 2. The SMILES string of the molecule is Cc1cccc2sc(N(CCCN(C)C)C(=O)c3ccc(S(=O)(=O)N4CCc5ccccc5C4)cc3)nc12.Cl. The Kier molecular flexibility index (Phi) is 9.08. The largest absolute Gasteiger partial charge is 0.309 e. The topological polar surface area (TPSA) is 73.8 Å². The molecule has 1 aliphatic rings. The van der Waals surface area contributed by atoms with Crippen LogP contribution in [-0.2, 0) is 23.0 Å². The fourth-order valence-corrected chi connectivity index (χ4v) is 7.26. The minimum absolute atomic E-state index is 0. The number of hydrogen-bond donors (Lipinski definition) is 0. The van der Waals surface area contributed by atoms with Crippen LogP contribution in [0.5, 0.6) is 0 Å². The van der Waals surface area contributed by atoms with Gasteiger partial charge in [-0.1, -0.05) is 47.7 Å². The summed E-state index contributed by atoms with van der Waals surface area (Å²) in [7, 11) is 0.342. The molecule has 0 N–H and O–H groups in total. The van der Waals surface area contributed by atoms with Gasteiger partial charge in [-0.15, -0.1) is 12.4 Å². The van der Waals surface area contributed by atoms with Crippen molar-refractivity contribution in [2.75, 3.05) is 38.6 Å². The number of hydrogen-bond acceptors (Lipinski definition) is 6. The van der Waals surface area contributed by atoms with Crippen LogP contribution in [0.3, 0.4) is 0 Å². The number of thiazole rings is 1. The molecule has 0 radical (unpaired) electrons. The van der Waals surface area contributed by atoms with E-state index in [-0.39, 0.29) is 23.2 Å². The van der Waals surface area contributed by atoms with Crippen molar-refractivity contribution >= 4 is 55.0 Å². The summed E-state index contributed by atoms with van der Waals surface area (Å²) in [6, 6.07) is 20.3. The van der Waals surface area contributed by atoms with E-state index in [0.717, 1.165) is 34.3 Å². The molecule has 1 amide bonds. The van der Waals surface area contributed by atoms with Crippen molar-refractivity contribution in [2.45, 2.75) is 31.2 Å². The smallest absolute Gasteiger partial charge is 0.260 e. The molecule has 2 heterocycles. The summed E-state index contributed by atoms with van der Waals surface area (Å²) in [5.74, 6) is -0.184. The van der Waals surface area contributed by atoms with Crippen LogP contribution < -0.4 is 4.90 Å². The fourth-order valence-electron chi connectivity index (χ4n) is 4.77. The van der Waals surface area contributed by atoms with Gasteiger partial charge in [-0.3, -0.25) is 9.69 Å². The number of nitrogens with zero attached hydrogens (tertiary/aromatic N) is 4. The van der Waals surface area contributed by atoms with Crippen LogP contribution in [0.15, 0.2) is 71.6 Å². The monoisotopic (exact) mass is 584 g/mol. The molecule has 3 aromatic carbocycles. The van der Waals surface area contributed by atoms with Crippen LogP contribution in [0.2, 0.25) is 0 Å². The van der Waals surface area contributed by atoms with E-state index in [4.69, 9.17) is 4.98 Å². The first-order valence-electron chi connectivity index (χ1n) is 12.7. The van der Waals surface area contributed by atoms with Crippen LogP contribution in [0.1, 0.15) is 33.5 Å². The van der Waals surface area contributed by atoms with E-state index in [1.165, 1.54) is 21.2 Å². The molecular formula is C29H33ClN4O3S2. The standard InChI is InChI=1S/C29H32N4O3S2.ClH/c1-21-8-6-11-26-27(21)30-29(37-26)33(18-7-17-31(2)3)28(34)23-12-14-25(15-13-23)38(35,36)32-19-16-22-9-4-5-10-24(22)20-32;/h4-6,8-15H,7,16-20H2,1-3H3;1H. The maximum absolute atomic E-state index is 13.7. The number of halogens is 1. The Morgan fingerprint density at radius 3 is 2.38 bits per heavy atom. The van der Waals surface area contributed by atoms with E-state index < -0.39 is 10.0 Å². The van der Waals surface area contributed by atoms with Gasteiger partial charge < -0.3 is 4.90 Å². The van der Waals surface area contributed by atoms with E-state index in [9.17, 15) is 13.2 Å². The summed E-state index contributed by atoms with van der Waals surface area (Å²) in [6.07, 6.45) is 1.48. The zero-order valence-electron chi connectivity index (χ0n) is 22.3. The third kappa shape index (κ3) is 6.18. The average molecular weight is 585 g/mol. The summed E-state index contributed by atoms with van der Waals surface area (Å²) >= 11 is 1.50. The Morgan fingerprint density at radius 1 is 0.974 bits per heavy atom. The second-order valence-corrected chi connectivity index (χ2v) is 12.9. The number of aryl methyl sites for hydroxylation is 1. The Bertz CT molecular complexity index is 1570. The number of rotatable bonds is 8. The van der Waals surface area contributed by atoms with Crippen LogP contribution in [0.25, 0.3) is 10.2 Å². The Morgan fingerprint density at radius 2 is 1.69 bits per heavy atom. The lowest BCUT2D eigenvalue weighted by molar-refractivity contribution is 0.0986. The van der Waals surface area contributed by atoms with Gasteiger partial charge in [0.05, 0.1) is 15.1 Å². The molecule has 206 valence electrons. The Balaban J connectivity index is 0.00000353. The fraction of sp³-hybridized carbons (Fsp3) is 0.310. The highest BCUT2D eigenvalue weighted by atomic mass is 35.5. The predicted molar refractivity (Wildman–Crippen MR) is 161 cm³/mol. The third-order valence-electron chi connectivity index (χ3n) is 6.91. The zero-order chi connectivity index (χ0) is 26.9. The van der Waals surface area contributed by atoms with Gasteiger partial charge in [0.15, 0.2) is 5.13 Å². The summed E-state index contributed by atoms with van der Waals surface area (Å²) in [4.78, 5) is 22.5. The molecule has 0 spiro atoms. The quantitative estimate of drug-likeness (QED) is 0.278. The zero-order valence-corrected chi connectivity index (χ0v) is 24.8. The van der Waals surface area contributed by atoms with Crippen molar-refractivity contribution in [1.82, 2.24) is 14.2 Å². The van der Waals surface area contributed by atoms with E-state index in [2.05, 4.69) is 11.0 Å². The first kappa shape index (κ1) is 29.2. The van der Waals surface area contributed by atoms with Gasteiger partial charge in [-0.25, -0.2) is 13.4 Å². The lowest BCUT2D eigenvalue weighted by Gasteiger charge is -2.28. The molecule has 0 unspecified atom stereocenters. The summed E-state index contributed by atoms with van der Waals surface area (Å²) in [5.41, 5.74) is 4.64. The number of sulfonamides is 1. The second-order valence-electron chi connectivity index (χ2n) is 9.91. The lowest BCUT2D eigenvalue weighted by Crippen LogP contribution is -2.36. The minimum atomic E-state index is -3.67. The summed E-state index contributed by atoms with van der Waals surface area (Å²) < 4.78 is 29.3. The minimum Gasteiger partial charge on any atom is -0.309 e. The van der Waals surface area contributed by atoms with Gasteiger partial charge in [0.2, 0.25) is 10.0 Å². The molecule has 0 atom stereocenters. The molecule has 7 nitrogen and oxygen atoms in total. The van der Waals surface area contributed by atoms with Crippen molar-refractivity contribution in [3.8, 4) is 0 Å². The molecule has 10 heteroatoms. The number of benzene rings is 3. The number of carbonyl (C=O) groups is 1. The maximum atomic E-state index is 13.7. The van der Waals surface area contributed by atoms with Gasteiger partial charge in [-0.2, -0.15) is 4.31 Å². The van der Waals surface area contributed by atoms with Gasteiger partial charge in [0.25, 0.3) is 5.91 Å². The van der Waals surface area contributed by atoms with Crippen LogP contribution in [0, 0.1) is 6.92 Å². The third-order valence-corrected chi connectivity index (χ3v) is 9.81. The number of anilines is 1. The first-order valence-corrected chi connectivity index (χ1v) is 15.0. The summed E-state index contributed by atoms with van der Waals surface area (Å²) in [5, 5.41) is 0.654. The van der Waals surface area contributed by atoms with Crippen LogP contribution >= 0.6 is 23.7 Å². The second kappa shape index (κ2) is 12.1. The molecule has 4 aromatic rings. The average Bonchev–Trinajstić information content (AvgIpc) is 3.36. The van der Waals surface area contributed by atoms with Crippen molar-refractivity contribution < 1.29 is 13.2 Å². The normalized spacial score (nSPS) is 13.7. The Labute approximate surface area is 240 Å². The maximum Gasteiger partial charge on any atom is 0.260 e. The highest BCUT2D eigenvalue weighted by Crippen LogP contribution is 2.32. The predicted octanol–water partition coefficient (Wildman–Crippen LogP) is 5.37. The van der Waals surface area contributed by atoms with Crippen molar-refractivity contribution in [3.63, 3.8) is 0 Å². The highest BCUT2D eigenvalue weighted by molar-refractivity contribution is 7.89. The highest BCUT2D eigenvalue weighted by Gasteiger charge is 2.29. The molecule has 1 aromatic heterocycles. The molecule has 0 saturated carbocycles. The molecule has 0 saturated heterocycles. The first-order chi connectivity index (χ1) is 18.2. The Hall–Kier alpha value is -2.82. The molecular weight excluding hydrogens is 552 g/mol. The number of carbonyl (C=O) groups excluding carboxylic acids is 1. The van der Waals surface area contributed by atoms with E-state index >= 15 is 0 Å². The molecule has 0 bridgehead atoms. The molecule has 0 fully saturated rings. The molecule has 0 aliphatic carbocycles. The lowest BCUT2D eigenvalue weighted by atomic mass is 10.0. The van der Waals surface area contributed by atoms with Gasteiger partial charge in [-0.05, 0) is 87.4 Å². The molecule has 1 aliphatic heterocycles. The van der Waals surface area contributed by atoms with Crippen molar-refractivity contribution in [2.24, 2.45) is 0 Å². The van der Waals surface area contributed by atoms with Crippen molar-refractivity contribution in [1.29, 1.82) is 0 Å². The number of aromatic nitrogens is 1. The van der Waals surface area contributed by atoms with Gasteiger partial charge in [0, 0.05) is 25.2 Å². The van der Waals surface area contributed by atoms with E-state index in [0.29, 0.717) is 36.8 Å². The van der Waals surface area contributed by atoms with E-state index in [1.807, 2.05) is 57.4 Å². The van der Waals surface area contributed by atoms with Gasteiger partial charge >= 0.3 is 0 Å².